The van der Waals surface area contributed by atoms with Crippen molar-refractivity contribution in [2.75, 3.05) is 0 Å². The molecule has 0 aliphatic carbocycles. The molecule has 0 fully saturated rings. The number of nitrogens with one attached hydrogen (secondary N) is 1. The maximum atomic E-state index is 11.8. The molecule has 0 saturated carbocycles. The van der Waals surface area contributed by atoms with Gasteiger partial charge in [-0.3, -0.25) is 4.79 Å². The first kappa shape index (κ1) is 13.6. The summed E-state index contributed by atoms with van der Waals surface area (Å²) in [6.45, 7) is 5.60. The summed E-state index contributed by atoms with van der Waals surface area (Å²) in [7, 11) is 0. The van der Waals surface area contributed by atoms with Crippen LogP contribution in [0.3, 0.4) is 0 Å². The molecule has 4 heteroatoms. The fraction of sp³-hybridized carbons (Fsp3) is 0.385. The molecule has 92 valence electrons. The van der Waals surface area contributed by atoms with Crippen molar-refractivity contribution in [2.24, 2.45) is 5.73 Å². The van der Waals surface area contributed by atoms with Gasteiger partial charge in [0.25, 0.3) is 0 Å². The number of rotatable bonds is 4. The van der Waals surface area contributed by atoms with Gasteiger partial charge >= 0.3 is 0 Å². The van der Waals surface area contributed by atoms with Crippen LogP contribution in [-0.4, -0.2) is 16.4 Å². The summed E-state index contributed by atoms with van der Waals surface area (Å²) in [6, 6.07) is 7.87. The van der Waals surface area contributed by atoms with E-state index in [1.165, 1.54) is 5.56 Å². The minimum Gasteiger partial charge on any atom is -0.391 e. The third kappa shape index (κ3) is 4.15. The Morgan fingerprint density at radius 3 is 2.35 bits per heavy atom. The first-order valence-electron chi connectivity index (χ1n) is 5.48. The summed E-state index contributed by atoms with van der Waals surface area (Å²) in [5.41, 5.74) is 7.06. The molecular formula is C13H18N2OS. The second-order valence-electron chi connectivity index (χ2n) is 4.70. The van der Waals surface area contributed by atoms with E-state index >= 15 is 0 Å². The van der Waals surface area contributed by atoms with Gasteiger partial charge in [-0.1, -0.05) is 42.0 Å². The molecule has 0 radical (unpaired) electrons. The van der Waals surface area contributed by atoms with Crippen molar-refractivity contribution < 1.29 is 4.79 Å². The number of hydrogen-bond acceptors (Lipinski definition) is 2. The van der Waals surface area contributed by atoms with Gasteiger partial charge in [0.1, 0.15) is 0 Å². The number of hydrogen-bond donors (Lipinski definition) is 2. The number of benzene rings is 1. The lowest BCUT2D eigenvalue weighted by molar-refractivity contribution is -0.121. The molecule has 3 N–H and O–H groups in total. The molecule has 0 saturated heterocycles. The summed E-state index contributed by atoms with van der Waals surface area (Å²) in [4.78, 5) is 12.1. The molecule has 0 bridgehead atoms. The summed E-state index contributed by atoms with van der Waals surface area (Å²) in [5, 5.41) is 2.81. The second kappa shape index (κ2) is 5.27. The van der Waals surface area contributed by atoms with Crippen LogP contribution in [0.2, 0.25) is 0 Å². The highest BCUT2D eigenvalue weighted by molar-refractivity contribution is 7.80. The fourth-order valence-electron chi connectivity index (χ4n) is 1.35. The Balaban J connectivity index is 2.62. The monoisotopic (exact) mass is 250 g/mol. The maximum absolute atomic E-state index is 11.8. The largest absolute Gasteiger partial charge is 0.391 e. The van der Waals surface area contributed by atoms with Crippen LogP contribution < -0.4 is 11.1 Å². The molecule has 3 nitrogen and oxygen atoms in total. The summed E-state index contributed by atoms with van der Waals surface area (Å²) in [5.74, 6) is -0.0772. The van der Waals surface area contributed by atoms with E-state index in [0.29, 0.717) is 6.42 Å². The Hall–Kier alpha value is -1.42. The highest BCUT2D eigenvalue weighted by Crippen LogP contribution is 2.06. The van der Waals surface area contributed by atoms with Crippen LogP contribution in [0, 0.1) is 6.92 Å². The second-order valence-corrected chi connectivity index (χ2v) is 5.14. The molecule has 17 heavy (non-hydrogen) atoms. The molecule has 1 aromatic rings. The van der Waals surface area contributed by atoms with Gasteiger partial charge in [-0.05, 0) is 26.3 Å². The molecule has 0 aromatic heterocycles. The summed E-state index contributed by atoms with van der Waals surface area (Å²) in [6.07, 6.45) is 0.340. The lowest BCUT2D eigenvalue weighted by atomic mass is 10.0. The van der Waals surface area contributed by atoms with Crippen molar-refractivity contribution in [1.29, 1.82) is 0 Å². The first-order chi connectivity index (χ1) is 7.81. The smallest absolute Gasteiger partial charge is 0.225 e. The van der Waals surface area contributed by atoms with Gasteiger partial charge < -0.3 is 11.1 Å². The van der Waals surface area contributed by atoms with Crippen LogP contribution in [0.15, 0.2) is 24.3 Å². The Morgan fingerprint density at radius 2 is 1.88 bits per heavy atom. The SMILES string of the molecule is Cc1ccc(CC(=O)NC(C)(C)C(N)=S)cc1. The van der Waals surface area contributed by atoms with Crippen molar-refractivity contribution in [3.63, 3.8) is 0 Å². The van der Waals surface area contributed by atoms with Gasteiger partial charge in [0.15, 0.2) is 0 Å². The maximum Gasteiger partial charge on any atom is 0.225 e. The van der Waals surface area contributed by atoms with Crippen LogP contribution >= 0.6 is 12.2 Å². The molecule has 0 atom stereocenters. The van der Waals surface area contributed by atoms with Crippen LogP contribution in [-0.2, 0) is 11.2 Å². The van der Waals surface area contributed by atoms with Crippen molar-refractivity contribution >= 4 is 23.1 Å². The Kier molecular flexibility index (Phi) is 4.23. The van der Waals surface area contributed by atoms with E-state index in [1.54, 1.807) is 13.8 Å². The predicted octanol–water partition coefficient (Wildman–Crippen LogP) is 1.72. The van der Waals surface area contributed by atoms with E-state index in [2.05, 4.69) is 5.32 Å². The summed E-state index contributed by atoms with van der Waals surface area (Å²) < 4.78 is 0. The number of aryl methyl sites for hydroxylation is 1. The first-order valence-corrected chi connectivity index (χ1v) is 5.88. The zero-order valence-corrected chi connectivity index (χ0v) is 11.2. The third-order valence-electron chi connectivity index (χ3n) is 2.55. The average Bonchev–Trinajstić information content (AvgIpc) is 2.20. The van der Waals surface area contributed by atoms with Crippen molar-refractivity contribution in [3.05, 3.63) is 35.4 Å². The van der Waals surface area contributed by atoms with E-state index in [0.717, 1.165) is 5.56 Å². The van der Waals surface area contributed by atoms with Crippen molar-refractivity contribution in [2.45, 2.75) is 32.7 Å². The number of amides is 1. The van der Waals surface area contributed by atoms with Crippen molar-refractivity contribution in [3.8, 4) is 0 Å². The number of carbonyl (C=O) groups is 1. The van der Waals surface area contributed by atoms with E-state index in [9.17, 15) is 4.79 Å². The fourth-order valence-corrected chi connectivity index (χ4v) is 1.40. The van der Waals surface area contributed by atoms with Crippen molar-refractivity contribution in [1.82, 2.24) is 5.32 Å². The van der Waals surface area contributed by atoms with Crippen LogP contribution in [0.5, 0.6) is 0 Å². The predicted molar refractivity (Wildman–Crippen MR) is 73.9 cm³/mol. The average molecular weight is 250 g/mol. The van der Waals surface area contributed by atoms with E-state index in [-0.39, 0.29) is 10.9 Å². The van der Waals surface area contributed by atoms with Crippen LogP contribution in [0.1, 0.15) is 25.0 Å². The number of thiocarbonyl (C=S) groups is 1. The van der Waals surface area contributed by atoms with Gasteiger partial charge in [-0.2, -0.15) is 0 Å². The molecule has 1 rings (SSSR count). The highest BCUT2D eigenvalue weighted by atomic mass is 32.1. The van der Waals surface area contributed by atoms with Gasteiger partial charge in [0.05, 0.1) is 16.9 Å². The van der Waals surface area contributed by atoms with E-state index in [4.69, 9.17) is 18.0 Å². The Labute approximate surface area is 107 Å². The molecule has 0 heterocycles. The topological polar surface area (TPSA) is 55.1 Å². The Morgan fingerprint density at radius 1 is 1.35 bits per heavy atom. The standard InChI is InChI=1S/C13H18N2OS/c1-9-4-6-10(7-5-9)8-11(16)15-13(2,3)12(14)17/h4-7H,8H2,1-3H3,(H2,14,17)(H,15,16). The molecule has 0 unspecified atom stereocenters. The minimum absolute atomic E-state index is 0.0772. The molecule has 0 aliphatic heterocycles. The molecule has 1 amide bonds. The van der Waals surface area contributed by atoms with E-state index < -0.39 is 5.54 Å². The Bertz CT molecular complexity index is 424. The minimum atomic E-state index is -0.642. The molecule has 1 aromatic carbocycles. The molecular weight excluding hydrogens is 232 g/mol. The molecule has 0 aliphatic rings. The zero-order valence-electron chi connectivity index (χ0n) is 10.4. The third-order valence-corrected chi connectivity index (χ3v) is 3.06. The lowest BCUT2D eigenvalue weighted by Gasteiger charge is -2.24. The lowest BCUT2D eigenvalue weighted by Crippen LogP contribution is -2.52. The molecule has 0 spiro atoms. The highest BCUT2D eigenvalue weighted by Gasteiger charge is 2.23. The van der Waals surface area contributed by atoms with Gasteiger partial charge in [-0.25, -0.2) is 0 Å². The van der Waals surface area contributed by atoms with Crippen LogP contribution in [0.25, 0.3) is 0 Å². The van der Waals surface area contributed by atoms with E-state index in [1.807, 2.05) is 31.2 Å². The zero-order chi connectivity index (χ0) is 13.1. The quantitative estimate of drug-likeness (QED) is 0.800. The number of nitrogens with two attached hydrogens (primary N) is 1. The van der Waals surface area contributed by atoms with Gasteiger partial charge in [-0.15, -0.1) is 0 Å². The van der Waals surface area contributed by atoms with Gasteiger partial charge in [0.2, 0.25) is 5.91 Å². The normalized spacial score (nSPS) is 11.0. The van der Waals surface area contributed by atoms with Crippen LogP contribution in [0.4, 0.5) is 0 Å². The van der Waals surface area contributed by atoms with Gasteiger partial charge in [0, 0.05) is 0 Å². The summed E-state index contributed by atoms with van der Waals surface area (Å²) >= 11 is 4.89. The number of carbonyl (C=O) groups excluding carboxylic acids is 1.